The van der Waals surface area contributed by atoms with Gasteiger partial charge in [-0.25, -0.2) is 4.79 Å². The highest BCUT2D eigenvalue weighted by atomic mass is 33.1. The number of esters is 1. The molecule has 2 aliphatic heterocycles. The van der Waals surface area contributed by atoms with Crippen LogP contribution in [-0.2, 0) is 28.7 Å². The molecule has 1 saturated heterocycles. The van der Waals surface area contributed by atoms with Gasteiger partial charge in [0.2, 0.25) is 17.7 Å². The van der Waals surface area contributed by atoms with E-state index >= 15 is 0 Å². The van der Waals surface area contributed by atoms with Crippen molar-refractivity contribution in [3.05, 3.63) is 23.9 Å². The normalized spacial score (nSPS) is 29.6. The Kier molecular flexibility index (Phi) is 11.8. The molecule has 4 N–H and O–H groups in total. The summed E-state index contributed by atoms with van der Waals surface area (Å²) in [5.74, 6) is -2.54. The van der Waals surface area contributed by atoms with Gasteiger partial charge >= 0.3 is 5.97 Å². The quantitative estimate of drug-likeness (QED) is 0.178. The summed E-state index contributed by atoms with van der Waals surface area (Å²) in [6.45, 7) is 8.66. The molecule has 12 heteroatoms. The largest absolute Gasteiger partial charge is 0.456 e. The Labute approximate surface area is 220 Å². The molecule has 2 heterocycles. The highest BCUT2D eigenvalue weighted by Gasteiger charge is 2.33. The highest BCUT2D eigenvalue weighted by molar-refractivity contribution is 8.76. The van der Waals surface area contributed by atoms with E-state index < -0.39 is 53.8 Å². The standard InChI is InChI=1S/C24H36N4O6S2/c1-6-16-21(30)28-20(14(4)5)24(33)34-15-9-7-8-10-35-36-12-17(22(31)25-16)26-23(32)19(13(2)3)27-18(29)11-15/h6-7,9,13-15,17,19-20H,8,10-12H2,1-5H3,(H,25,31)(H,26,32)(H,27,29)(H,28,30)/b9-7-,16-6+/t15-,17-,19+,20+/m0/s1. The first-order valence-corrected chi connectivity index (χ1v) is 14.5. The summed E-state index contributed by atoms with van der Waals surface area (Å²) in [6.07, 6.45) is 4.51. The van der Waals surface area contributed by atoms with Crippen molar-refractivity contribution in [3.63, 3.8) is 0 Å². The minimum atomic E-state index is -1.00. The lowest BCUT2D eigenvalue weighted by molar-refractivity contribution is -0.153. The molecular formula is C24H36N4O6S2. The summed E-state index contributed by atoms with van der Waals surface area (Å²) in [7, 11) is 2.95. The van der Waals surface area contributed by atoms with E-state index in [1.807, 2.05) is 6.08 Å². The number of carbonyl (C=O) groups is 5. The fourth-order valence-corrected chi connectivity index (χ4v) is 5.66. The minimum absolute atomic E-state index is 0.0445. The van der Waals surface area contributed by atoms with E-state index in [2.05, 4.69) is 21.3 Å². The number of fused-ring (bicyclic) bond motifs is 7. The number of hydrogen-bond donors (Lipinski definition) is 4. The van der Waals surface area contributed by atoms with Crippen molar-refractivity contribution in [1.82, 2.24) is 21.3 Å². The molecule has 0 aliphatic carbocycles. The molecule has 0 saturated carbocycles. The second kappa shape index (κ2) is 14.3. The first-order valence-electron chi connectivity index (χ1n) is 12.0. The average molecular weight is 541 g/mol. The van der Waals surface area contributed by atoms with E-state index in [1.165, 1.54) is 27.7 Å². The molecule has 0 aromatic carbocycles. The third-order valence-corrected chi connectivity index (χ3v) is 8.03. The molecule has 0 aromatic rings. The molecule has 0 radical (unpaired) electrons. The Morgan fingerprint density at radius 2 is 1.64 bits per heavy atom. The molecule has 4 atom stereocenters. The van der Waals surface area contributed by atoms with E-state index in [1.54, 1.807) is 40.7 Å². The summed E-state index contributed by atoms with van der Waals surface area (Å²) in [6, 6.07) is -2.86. The second-order valence-electron chi connectivity index (χ2n) is 9.24. The van der Waals surface area contributed by atoms with Gasteiger partial charge in [0.1, 0.15) is 29.9 Å². The minimum Gasteiger partial charge on any atom is -0.456 e. The van der Waals surface area contributed by atoms with Crippen molar-refractivity contribution in [3.8, 4) is 0 Å². The molecule has 2 aliphatic rings. The van der Waals surface area contributed by atoms with Crippen molar-refractivity contribution in [2.75, 3.05) is 11.5 Å². The average Bonchev–Trinajstić information content (AvgIpc) is 2.81. The van der Waals surface area contributed by atoms with E-state index in [0.717, 1.165) is 0 Å². The van der Waals surface area contributed by atoms with Crippen LogP contribution in [-0.4, -0.2) is 65.3 Å². The summed E-state index contributed by atoms with van der Waals surface area (Å²) in [5, 5.41) is 10.7. The van der Waals surface area contributed by atoms with Crippen LogP contribution in [0.25, 0.3) is 0 Å². The highest BCUT2D eigenvalue weighted by Crippen LogP contribution is 2.24. The Balaban J connectivity index is 2.55. The number of ether oxygens (including phenoxy) is 1. The van der Waals surface area contributed by atoms with Crippen molar-refractivity contribution in [1.29, 1.82) is 0 Å². The zero-order chi connectivity index (χ0) is 26.8. The summed E-state index contributed by atoms with van der Waals surface area (Å²) < 4.78 is 5.65. The van der Waals surface area contributed by atoms with Gasteiger partial charge in [-0.15, -0.1) is 0 Å². The van der Waals surface area contributed by atoms with Crippen molar-refractivity contribution in [2.24, 2.45) is 11.8 Å². The lowest BCUT2D eigenvalue weighted by atomic mass is 10.0. The first-order chi connectivity index (χ1) is 17.0. The molecule has 1 fully saturated rings. The van der Waals surface area contributed by atoms with Crippen LogP contribution in [0.1, 0.15) is 47.5 Å². The van der Waals surface area contributed by atoms with Gasteiger partial charge in [0.15, 0.2) is 0 Å². The van der Waals surface area contributed by atoms with Crippen LogP contribution in [0.3, 0.4) is 0 Å². The molecular weight excluding hydrogens is 504 g/mol. The fraction of sp³-hybridized carbons (Fsp3) is 0.625. The lowest BCUT2D eigenvalue weighted by Crippen LogP contribution is -2.57. The van der Waals surface area contributed by atoms with E-state index in [4.69, 9.17) is 4.74 Å². The van der Waals surface area contributed by atoms with Crippen LogP contribution in [0.4, 0.5) is 0 Å². The number of nitrogens with one attached hydrogen (secondary N) is 4. The number of rotatable bonds is 2. The van der Waals surface area contributed by atoms with Crippen molar-refractivity contribution >= 4 is 51.2 Å². The molecule has 200 valence electrons. The zero-order valence-corrected chi connectivity index (χ0v) is 22.9. The van der Waals surface area contributed by atoms with Crippen molar-refractivity contribution in [2.45, 2.75) is 71.7 Å². The summed E-state index contributed by atoms with van der Waals surface area (Å²) in [4.78, 5) is 65.2. The predicted octanol–water partition coefficient (Wildman–Crippen LogP) is 1.43. The number of allylic oxidation sites excluding steroid dienone is 2. The SMILES string of the molecule is C/C=C1/NC(=O)[C@@H]2CSSCC/C=C\[C@@H](CC(=O)N[C@H](C(C)C)C(=O)N2)OC(=O)[C@@H](C(C)C)NC1=O. The van der Waals surface area contributed by atoms with Gasteiger partial charge in [0, 0.05) is 11.5 Å². The molecule has 0 spiro atoms. The molecule has 4 amide bonds. The van der Waals surface area contributed by atoms with Crippen LogP contribution in [0.5, 0.6) is 0 Å². The Morgan fingerprint density at radius 1 is 0.944 bits per heavy atom. The van der Waals surface area contributed by atoms with Gasteiger partial charge in [0.25, 0.3) is 5.91 Å². The van der Waals surface area contributed by atoms with Gasteiger partial charge < -0.3 is 26.0 Å². The van der Waals surface area contributed by atoms with Gasteiger partial charge in [-0.1, -0.05) is 61.4 Å². The lowest BCUT2D eigenvalue weighted by Gasteiger charge is -2.27. The number of hydrogen-bond acceptors (Lipinski definition) is 8. The summed E-state index contributed by atoms with van der Waals surface area (Å²) >= 11 is 0. The number of carbonyl (C=O) groups excluding carboxylic acids is 5. The van der Waals surface area contributed by atoms with Crippen LogP contribution in [0.15, 0.2) is 23.9 Å². The molecule has 0 aromatic heterocycles. The topological polar surface area (TPSA) is 143 Å². The Hall–Kier alpha value is -2.47. The van der Waals surface area contributed by atoms with Gasteiger partial charge in [0.05, 0.1) is 6.42 Å². The molecule has 0 unspecified atom stereocenters. The van der Waals surface area contributed by atoms with Crippen LogP contribution >= 0.6 is 21.6 Å². The van der Waals surface area contributed by atoms with E-state index in [-0.39, 0.29) is 29.7 Å². The Morgan fingerprint density at radius 3 is 2.28 bits per heavy atom. The smallest absolute Gasteiger partial charge is 0.329 e. The van der Waals surface area contributed by atoms with E-state index in [0.29, 0.717) is 12.2 Å². The van der Waals surface area contributed by atoms with Gasteiger partial charge in [-0.3, -0.25) is 19.2 Å². The summed E-state index contributed by atoms with van der Waals surface area (Å²) in [5.41, 5.74) is -0.0445. The maximum atomic E-state index is 13.2. The fourth-order valence-electron chi connectivity index (χ4n) is 3.50. The molecule has 2 rings (SSSR count). The van der Waals surface area contributed by atoms with Crippen LogP contribution in [0.2, 0.25) is 0 Å². The number of amides is 4. The predicted molar refractivity (Wildman–Crippen MR) is 141 cm³/mol. The third kappa shape index (κ3) is 8.88. The maximum absolute atomic E-state index is 13.2. The monoisotopic (exact) mass is 540 g/mol. The molecule has 2 bridgehead atoms. The maximum Gasteiger partial charge on any atom is 0.329 e. The van der Waals surface area contributed by atoms with E-state index in [9.17, 15) is 24.0 Å². The van der Waals surface area contributed by atoms with Crippen molar-refractivity contribution < 1.29 is 28.7 Å². The van der Waals surface area contributed by atoms with Gasteiger partial charge in [-0.2, -0.15) is 0 Å². The van der Waals surface area contributed by atoms with Crippen LogP contribution in [0, 0.1) is 11.8 Å². The third-order valence-electron chi connectivity index (χ3n) is 5.59. The molecule has 36 heavy (non-hydrogen) atoms. The zero-order valence-electron chi connectivity index (χ0n) is 21.3. The Bertz CT molecular complexity index is 905. The van der Waals surface area contributed by atoms with Gasteiger partial charge in [-0.05, 0) is 31.3 Å². The first kappa shape index (κ1) is 29.8. The molecule has 10 nitrogen and oxygen atoms in total. The van der Waals surface area contributed by atoms with Crippen LogP contribution < -0.4 is 21.3 Å². The second-order valence-corrected chi connectivity index (χ2v) is 11.9.